The monoisotopic (exact) mass is 343 g/mol. The highest BCUT2D eigenvalue weighted by molar-refractivity contribution is 9.10. The van der Waals surface area contributed by atoms with Gasteiger partial charge in [0, 0.05) is 19.6 Å². The molecule has 1 aromatic heterocycles. The molecule has 1 heterocycles. The Hall–Kier alpha value is -0.680. The van der Waals surface area contributed by atoms with Crippen LogP contribution in [0.15, 0.2) is 4.47 Å². The largest absolute Gasteiger partial charge is 0.373 e. The number of hydrogen-bond donors (Lipinski definition) is 1. The molecule has 1 N–H and O–H groups in total. The van der Waals surface area contributed by atoms with Gasteiger partial charge in [0.05, 0.1) is 10.2 Å². The van der Waals surface area contributed by atoms with Gasteiger partial charge in [0.2, 0.25) is 0 Å². The highest BCUT2D eigenvalue weighted by Gasteiger charge is 2.31. The molecule has 0 saturated carbocycles. The third kappa shape index (κ3) is 3.70. The molecule has 0 fully saturated rings. The maximum atomic E-state index is 5.64. The van der Waals surface area contributed by atoms with Crippen LogP contribution in [0.1, 0.15) is 59.2 Å². The van der Waals surface area contributed by atoms with Crippen LogP contribution in [0.3, 0.4) is 0 Å². The van der Waals surface area contributed by atoms with Gasteiger partial charge in [-0.05, 0) is 21.3 Å². The van der Waals surface area contributed by atoms with Gasteiger partial charge in [-0.1, -0.05) is 41.5 Å². The van der Waals surface area contributed by atoms with E-state index in [-0.39, 0.29) is 16.9 Å². The fourth-order valence-electron chi connectivity index (χ4n) is 2.09. The Kier molecular flexibility index (Phi) is 5.19. The molecular weight excluding hydrogens is 318 g/mol. The first-order valence-electron chi connectivity index (χ1n) is 6.80. The Morgan fingerprint density at radius 2 is 1.65 bits per heavy atom. The molecule has 0 aliphatic rings. The molecule has 0 saturated heterocycles. The molecule has 0 radical (unpaired) electrons. The summed E-state index contributed by atoms with van der Waals surface area (Å²) in [6.45, 7) is 12.8. The number of halogens is 1. The first-order chi connectivity index (χ1) is 9.02. The Balaban J connectivity index is 3.50. The van der Waals surface area contributed by atoms with E-state index < -0.39 is 0 Å². The van der Waals surface area contributed by atoms with E-state index in [0.29, 0.717) is 0 Å². The zero-order valence-corrected chi connectivity index (χ0v) is 15.3. The molecule has 1 rings (SSSR count). The number of hydrogen-bond acceptors (Lipinski definition) is 4. The van der Waals surface area contributed by atoms with Crippen LogP contribution in [-0.4, -0.2) is 24.1 Å². The molecule has 0 spiro atoms. The number of nitrogens with zero attached hydrogens (tertiary/aromatic N) is 2. The Labute approximate surface area is 130 Å². The van der Waals surface area contributed by atoms with Gasteiger partial charge < -0.3 is 10.1 Å². The van der Waals surface area contributed by atoms with Crippen LogP contribution in [0.2, 0.25) is 0 Å². The predicted octanol–water partition coefficient (Wildman–Crippen LogP) is 4.31. The van der Waals surface area contributed by atoms with E-state index in [9.17, 15) is 0 Å². The third-order valence-corrected chi connectivity index (χ3v) is 3.82. The second kappa shape index (κ2) is 5.98. The summed E-state index contributed by atoms with van der Waals surface area (Å²) < 4.78 is 6.56. The number of rotatable bonds is 3. The van der Waals surface area contributed by atoms with Gasteiger partial charge in [-0.2, -0.15) is 0 Å². The number of methoxy groups -OCH3 is 1. The quantitative estimate of drug-likeness (QED) is 0.887. The van der Waals surface area contributed by atoms with Crippen molar-refractivity contribution in [3.05, 3.63) is 16.0 Å². The highest BCUT2D eigenvalue weighted by atomic mass is 79.9. The minimum Gasteiger partial charge on any atom is -0.373 e. The van der Waals surface area contributed by atoms with Gasteiger partial charge in [-0.25, -0.2) is 9.97 Å². The molecule has 0 bridgehead atoms. The maximum Gasteiger partial charge on any atom is 0.160 e. The zero-order valence-electron chi connectivity index (χ0n) is 13.8. The number of ether oxygens (including phenoxy) is 1. The molecule has 1 atom stereocenters. The van der Waals surface area contributed by atoms with Crippen molar-refractivity contribution in [1.29, 1.82) is 0 Å². The van der Waals surface area contributed by atoms with E-state index in [1.54, 1.807) is 7.11 Å². The molecular formula is C15H26BrN3O. The highest BCUT2D eigenvalue weighted by Crippen LogP contribution is 2.38. The molecule has 0 amide bonds. The van der Waals surface area contributed by atoms with Crippen molar-refractivity contribution in [2.24, 2.45) is 5.41 Å². The third-order valence-electron chi connectivity index (χ3n) is 3.07. The van der Waals surface area contributed by atoms with E-state index in [1.165, 1.54) is 0 Å². The van der Waals surface area contributed by atoms with Crippen LogP contribution in [0.25, 0.3) is 0 Å². The van der Waals surface area contributed by atoms with Crippen LogP contribution in [0, 0.1) is 5.41 Å². The summed E-state index contributed by atoms with van der Waals surface area (Å²) in [5.41, 5.74) is 0.847. The molecule has 0 aliphatic carbocycles. The molecule has 0 aromatic carbocycles. The van der Waals surface area contributed by atoms with Gasteiger partial charge in [-0.3, -0.25) is 0 Å². The Bertz CT molecular complexity index is 475. The van der Waals surface area contributed by atoms with Crippen molar-refractivity contribution in [2.75, 3.05) is 19.5 Å². The summed E-state index contributed by atoms with van der Waals surface area (Å²) in [4.78, 5) is 9.38. The van der Waals surface area contributed by atoms with E-state index in [0.717, 1.165) is 21.8 Å². The van der Waals surface area contributed by atoms with Gasteiger partial charge in [0.15, 0.2) is 5.82 Å². The lowest BCUT2D eigenvalue weighted by atomic mass is 9.87. The maximum absolute atomic E-state index is 5.64. The topological polar surface area (TPSA) is 47.0 Å². The summed E-state index contributed by atoms with van der Waals surface area (Å²) in [7, 11) is 3.57. The van der Waals surface area contributed by atoms with Crippen molar-refractivity contribution in [1.82, 2.24) is 9.97 Å². The second-order valence-corrected chi connectivity index (χ2v) is 7.87. The smallest absolute Gasteiger partial charge is 0.160 e. The van der Waals surface area contributed by atoms with Crippen molar-refractivity contribution in [3.8, 4) is 0 Å². The number of aromatic nitrogens is 2. The zero-order chi connectivity index (χ0) is 15.7. The average molecular weight is 344 g/mol. The van der Waals surface area contributed by atoms with Gasteiger partial charge >= 0.3 is 0 Å². The minimum absolute atomic E-state index is 0.0667. The van der Waals surface area contributed by atoms with E-state index in [2.05, 4.69) is 67.8 Å². The van der Waals surface area contributed by atoms with E-state index >= 15 is 0 Å². The van der Waals surface area contributed by atoms with Crippen molar-refractivity contribution in [3.63, 3.8) is 0 Å². The SMILES string of the molecule is CNc1nc(C(OC)C(C)(C)C)nc(C(C)(C)C)c1Br. The fourth-order valence-corrected chi connectivity index (χ4v) is 3.06. The lowest BCUT2D eigenvalue weighted by Gasteiger charge is -2.30. The average Bonchev–Trinajstić information content (AvgIpc) is 2.28. The van der Waals surface area contributed by atoms with Crippen LogP contribution < -0.4 is 5.32 Å². The molecule has 114 valence electrons. The number of nitrogens with one attached hydrogen (secondary N) is 1. The summed E-state index contributed by atoms with van der Waals surface area (Å²) >= 11 is 3.60. The molecule has 5 heteroatoms. The summed E-state index contributed by atoms with van der Waals surface area (Å²) in [5, 5.41) is 3.13. The van der Waals surface area contributed by atoms with Gasteiger partial charge in [-0.15, -0.1) is 0 Å². The van der Waals surface area contributed by atoms with Crippen LogP contribution in [-0.2, 0) is 10.2 Å². The molecule has 20 heavy (non-hydrogen) atoms. The van der Waals surface area contributed by atoms with Gasteiger partial charge in [0.1, 0.15) is 11.9 Å². The molecule has 1 unspecified atom stereocenters. The van der Waals surface area contributed by atoms with Crippen LogP contribution in [0.5, 0.6) is 0 Å². The fraction of sp³-hybridized carbons (Fsp3) is 0.733. The van der Waals surface area contributed by atoms with E-state index in [1.807, 2.05) is 7.05 Å². The van der Waals surface area contributed by atoms with Crippen LogP contribution in [0.4, 0.5) is 5.82 Å². The normalized spacial score (nSPS) is 14.2. The number of anilines is 1. The minimum atomic E-state index is -0.149. The second-order valence-electron chi connectivity index (χ2n) is 7.07. The lowest BCUT2D eigenvalue weighted by Crippen LogP contribution is -2.25. The molecule has 0 aliphatic heterocycles. The Morgan fingerprint density at radius 3 is 2.00 bits per heavy atom. The lowest BCUT2D eigenvalue weighted by molar-refractivity contribution is 0.00846. The van der Waals surface area contributed by atoms with Gasteiger partial charge in [0.25, 0.3) is 0 Å². The summed E-state index contributed by atoms with van der Waals surface area (Å²) in [6, 6.07) is 0. The summed E-state index contributed by atoms with van der Waals surface area (Å²) in [5.74, 6) is 1.52. The van der Waals surface area contributed by atoms with Crippen molar-refractivity contribution >= 4 is 21.7 Å². The predicted molar refractivity (Wildman–Crippen MR) is 87.2 cm³/mol. The first kappa shape index (κ1) is 17.4. The first-order valence-corrected chi connectivity index (χ1v) is 7.60. The standard InChI is InChI=1S/C15H26BrN3O/c1-14(2,3)10-9(16)12(17-7)19-13(18-10)11(20-8)15(4,5)6/h11H,1-8H3,(H,17,18,19). The summed E-state index contributed by atoms with van der Waals surface area (Å²) in [6.07, 6.45) is -0.149. The molecule has 4 nitrogen and oxygen atoms in total. The van der Waals surface area contributed by atoms with E-state index in [4.69, 9.17) is 9.72 Å². The van der Waals surface area contributed by atoms with Crippen LogP contribution >= 0.6 is 15.9 Å². The molecule has 1 aromatic rings. The van der Waals surface area contributed by atoms with Crippen molar-refractivity contribution < 1.29 is 4.74 Å². The Morgan fingerprint density at radius 1 is 1.10 bits per heavy atom. The van der Waals surface area contributed by atoms with Crippen molar-refractivity contribution in [2.45, 2.75) is 53.1 Å².